The average molecular weight is 576 g/mol. The van der Waals surface area contributed by atoms with Gasteiger partial charge in [-0.2, -0.15) is 0 Å². The van der Waals surface area contributed by atoms with E-state index < -0.39 is 29.2 Å². The summed E-state index contributed by atoms with van der Waals surface area (Å²) in [7, 11) is 0. The second kappa shape index (κ2) is 14.0. The number of hydrogen-bond donors (Lipinski definition) is 1. The summed E-state index contributed by atoms with van der Waals surface area (Å²) in [6.45, 7) is 6.40. The molecule has 1 saturated carbocycles. The van der Waals surface area contributed by atoms with Crippen LogP contribution in [0.25, 0.3) is 0 Å². The monoisotopic (exact) mass is 575 g/mol. The SMILES string of the molecule is CCC[C@H](c1ccc(C(=O)NCCC(=O)[O-])cc1)N1C(=O)C(c2ccc(F)c(F)c2)=NC12CCC(C(C)C)CC2.[Na+]. The van der Waals surface area contributed by atoms with Crippen molar-refractivity contribution in [3.05, 3.63) is 70.8 Å². The second-order valence-corrected chi connectivity index (χ2v) is 11.1. The summed E-state index contributed by atoms with van der Waals surface area (Å²) in [5, 5.41) is 13.2. The fourth-order valence-corrected chi connectivity index (χ4v) is 5.95. The van der Waals surface area contributed by atoms with Gasteiger partial charge in [-0.15, -0.1) is 0 Å². The van der Waals surface area contributed by atoms with Gasteiger partial charge in [0.25, 0.3) is 11.8 Å². The number of carbonyl (C=O) groups excluding carboxylic acids is 3. The summed E-state index contributed by atoms with van der Waals surface area (Å²) in [5.41, 5.74) is 0.829. The second-order valence-electron chi connectivity index (χ2n) is 11.1. The molecule has 1 aliphatic heterocycles. The fraction of sp³-hybridized carbons (Fsp3) is 0.484. The van der Waals surface area contributed by atoms with E-state index >= 15 is 0 Å². The number of carboxylic acid groups (broad SMARTS) is 1. The van der Waals surface area contributed by atoms with Crippen molar-refractivity contribution in [2.45, 2.75) is 77.4 Å². The number of halogens is 2. The van der Waals surface area contributed by atoms with Crippen LogP contribution >= 0.6 is 0 Å². The minimum Gasteiger partial charge on any atom is -0.550 e. The Labute approximate surface area is 262 Å². The molecule has 0 bridgehead atoms. The molecule has 1 fully saturated rings. The zero-order chi connectivity index (χ0) is 29.0. The van der Waals surface area contributed by atoms with Gasteiger partial charge in [0.2, 0.25) is 0 Å². The molecule has 41 heavy (non-hydrogen) atoms. The maximum absolute atomic E-state index is 14.2. The minimum absolute atomic E-state index is 0. The third-order valence-corrected chi connectivity index (χ3v) is 8.20. The Bertz CT molecular complexity index is 1290. The fourth-order valence-electron chi connectivity index (χ4n) is 5.95. The van der Waals surface area contributed by atoms with Crippen LogP contribution in [0.15, 0.2) is 47.5 Å². The topological polar surface area (TPSA) is 102 Å². The van der Waals surface area contributed by atoms with Crippen LogP contribution in [0.4, 0.5) is 8.78 Å². The Morgan fingerprint density at radius 3 is 2.32 bits per heavy atom. The van der Waals surface area contributed by atoms with Gasteiger partial charge >= 0.3 is 29.6 Å². The quantitative estimate of drug-likeness (QED) is 0.435. The van der Waals surface area contributed by atoms with Crippen molar-refractivity contribution in [3.63, 3.8) is 0 Å². The average Bonchev–Trinajstić information content (AvgIpc) is 3.20. The summed E-state index contributed by atoms with van der Waals surface area (Å²) >= 11 is 0. The Hall–Kier alpha value is -2.62. The van der Waals surface area contributed by atoms with Gasteiger partial charge in [0.05, 0.1) is 6.04 Å². The van der Waals surface area contributed by atoms with Gasteiger partial charge in [0, 0.05) is 30.1 Å². The molecule has 0 unspecified atom stereocenters. The Kier molecular flexibility index (Phi) is 11.3. The first-order valence-electron chi connectivity index (χ1n) is 14.0. The zero-order valence-electron chi connectivity index (χ0n) is 24.2. The predicted molar refractivity (Wildman–Crippen MR) is 145 cm³/mol. The molecule has 2 aromatic rings. The van der Waals surface area contributed by atoms with E-state index in [9.17, 15) is 28.3 Å². The number of benzene rings is 2. The molecule has 2 aliphatic rings. The van der Waals surface area contributed by atoms with Gasteiger partial charge < -0.3 is 20.1 Å². The van der Waals surface area contributed by atoms with Gasteiger partial charge in [-0.3, -0.25) is 14.6 Å². The first-order valence-corrected chi connectivity index (χ1v) is 14.0. The van der Waals surface area contributed by atoms with Crippen molar-refractivity contribution in [1.82, 2.24) is 10.2 Å². The molecular formula is C31H36F2N3NaO4. The van der Waals surface area contributed by atoms with E-state index in [1.165, 1.54) is 6.07 Å². The minimum atomic E-state index is -1.24. The number of nitrogens with one attached hydrogen (secondary N) is 1. The maximum atomic E-state index is 14.2. The van der Waals surface area contributed by atoms with E-state index in [0.717, 1.165) is 37.0 Å². The summed E-state index contributed by atoms with van der Waals surface area (Å²) in [6, 6.07) is 10.1. The van der Waals surface area contributed by atoms with Crippen LogP contribution in [0.5, 0.6) is 0 Å². The van der Waals surface area contributed by atoms with Crippen molar-refractivity contribution in [2.75, 3.05) is 6.54 Å². The number of hydrogen-bond acceptors (Lipinski definition) is 5. The van der Waals surface area contributed by atoms with Crippen LogP contribution in [-0.4, -0.2) is 40.6 Å². The number of carboxylic acids is 1. The number of aliphatic carboxylic acids is 1. The third-order valence-electron chi connectivity index (χ3n) is 8.20. The molecule has 2 aromatic carbocycles. The Morgan fingerprint density at radius 2 is 1.76 bits per heavy atom. The van der Waals surface area contributed by atoms with Gasteiger partial charge in [0.1, 0.15) is 11.4 Å². The molecule has 1 heterocycles. The summed E-state index contributed by atoms with van der Waals surface area (Å²) in [4.78, 5) is 44.0. The van der Waals surface area contributed by atoms with Crippen molar-refractivity contribution >= 4 is 23.5 Å². The Balaban J connectivity index is 0.00000462. The number of rotatable bonds is 10. The molecule has 214 valence electrons. The van der Waals surface area contributed by atoms with Crippen LogP contribution in [-0.2, 0) is 9.59 Å². The summed E-state index contributed by atoms with van der Waals surface area (Å²) in [5.74, 6) is -2.93. The molecule has 1 atom stereocenters. The number of amides is 2. The first kappa shape index (κ1) is 32.9. The normalized spacial score (nSPS) is 21.0. The molecule has 7 nitrogen and oxygen atoms in total. The maximum Gasteiger partial charge on any atom is 1.00 e. The molecule has 10 heteroatoms. The van der Waals surface area contributed by atoms with E-state index in [2.05, 4.69) is 19.2 Å². The predicted octanol–water partition coefficient (Wildman–Crippen LogP) is 1.55. The van der Waals surface area contributed by atoms with Gasteiger partial charge in [-0.1, -0.05) is 39.3 Å². The molecule has 0 aromatic heterocycles. The molecule has 0 radical (unpaired) electrons. The number of carbonyl (C=O) groups is 3. The molecule has 0 saturated heterocycles. The molecule has 2 amide bonds. The largest absolute Gasteiger partial charge is 1.00 e. The van der Waals surface area contributed by atoms with E-state index in [4.69, 9.17) is 4.99 Å². The molecule has 1 N–H and O–H groups in total. The summed E-state index contributed by atoms with van der Waals surface area (Å²) in [6.07, 6.45) is 4.31. The summed E-state index contributed by atoms with van der Waals surface area (Å²) < 4.78 is 27.9. The molecule has 1 spiro atoms. The van der Waals surface area contributed by atoms with Crippen LogP contribution in [0.1, 0.15) is 93.2 Å². The first-order chi connectivity index (χ1) is 19.1. The Morgan fingerprint density at radius 1 is 1.10 bits per heavy atom. The van der Waals surface area contributed by atoms with E-state index in [1.807, 2.05) is 24.0 Å². The van der Waals surface area contributed by atoms with E-state index in [1.54, 1.807) is 12.1 Å². The van der Waals surface area contributed by atoms with Crippen LogP contribution < -0.4 is 40.0 Å². The van der Waals surface area contributed by atoms with Crippen LogP contribution in [0.3, 0.4) is 0 Å². The molecular weight excluding hydrogens is 539 g/mol. The smallest absolute Gasteiger partial charge is 0.550 e. The van der Waals surface area contributed by atoms with Crippen LogP contribution in [0.2, 0.25) is 0 Å². The van der Waals surface area contributed by atoms with Crippen molar-refractivity contribution in [3.8, 4) is 0 Å². The molecule has 1 aliphatic carbocycles. The van der Waals surface area contributed by atoms with Gasteiger partial charge in [-0.05, 0) is 79.8 Å². The van der Waals surface area contributed by atoms with Gasteiger partial charge in [-0.25, -0.2) is 8.78 Å². The van der Waals surface area contributed by atoms with Crippen molar-refractivity contribution in [1.29, 1.82) is 0 Å². The third kappa shape index (κ3) is 7.24. The number of nitrogens with zero attached hydrogens (tertiary/aromatic N) is 2. The van der Waals surface area contributed by atoms with Crippen LogP contribution in [0, 0.1) is 23.5 Å². The van der Waals surface area contributed by atoms with E-state index in [0.29, 0.717) is 36.7 Å². The van der Waals surface area contributed by atoms with Crippen molar-refractivity contribution in [2.24, 2.45) is 16.8 Å². The van der Waals surface area contributed by atoms with E-state index in [-0.39, 0.29) is 65.7 Å². The standard InChI is InChI=1S/C31H37F2N3O4.Na/c1-4-5-26(21-6-8-22(9-7-21)29(39)34-17-14-27(37)38)36-30(40)28(23-10-11-24(32)25(33)18-23)35-31(36)15-12-20(13-16-31)19(2)3;/h6-11,18-20,26H,4-5,12-17H2,1-3H3,(H,34,39)(H,37,38);/q;+1/p-1/t20?,26-,31?;/m1./s1. The van der Waals surface area contributed by atoms with Gasteiger partial charge in [0.15, 0.2) is 11.6 Å². The van der Waals surface area contributed by atoms with Crippen molar-refractivity contribution < 1.29 is 57.8 Å². The zero-order valence-corrected chi connectivity index (χ0v) is 26.2. The number of aliphatic imine (C=N–C) groups is 1. The molecule has 4 rings (SSSR count).